The zero-order valence-electron chi connectivity index (χ0n) is 19.4. The van der Waals surface area contributed by atoms with Crippen molar-refractivity contribution >= 4 is 5.97 Å². The van der Waals surface area contributed by atoms with Crippen LogP contribution in [-0.2, 0) is 43.4 Å². The van der Waals surface area contributed by atoms with Crippen molar-refractivity contribution in [2.75, 3.05) is 13.2 Å². The summed E-state index contributed by atoms with van der Waals surface area (Å²) >= 11 is 0. The number of esters is 1. The van der Waals surface area contributed by atoms with Crippen molar-refractivity contribution in [1.82, 2.24) is 0 Å². The van der Waals surface area contributed by atoms with E-state index < -0.39 is 0 Å². The van der Waals surface area contributed by atoms with E-state index in [1.807, 2.05) is 91.0 Å². The highest BCUT2D eigenvalue weighted by atomic mass is 16.6. The fraction of sp³-hybridized carbons (Fsp3) is 0.345. The number of benzene rings is 3. The van der Waals surface area contributed by atoms with E-state index in [9.17, 15) is 4.79 Å². The van der Waals surface area contributed by atoms with Gasteiger partial charge < -0.3 is 18.9 Å². The fourth-order valence-electron chi connectivity index (χ4n) is 4.05. The maximum atomic E-state index is 12.4. The van der Waals surface area contributed by atoms with Gasteiger partial charge in [0.05, 0.1) is 19.3 Å². The van der Waals surface area contributed by atoms with Gasteiger partial charge in [-0.05, 0) is 29.5 Å². The molecule has 1 saturated heterocycles. The van der Waals surface area contributed by atoms with Crippen LogP contribution in [0.15, 0.2) is 91.0 Å². The Hall–Kier alpha value is -2.99. The summed E-state index contributed by atoms with van der Waals surface area (Å²) in [7, 11) is 0. The van der Waals surface area contributed by atoms with Crippen LogP contribution in [0, 0.1) is 0 Å². The van der Waals surface area contributed by atoms with Gasteiger partial charge in [0, 0.05) is 13.0 Å². The second kappa shape index (κ2) is 13.0. The summed E-state index contributed by atoms with van der Waals surface area (Å²) in [5.74, 6) is -0.235. The molecule has 0 radical (unpaired) electrons. The normalized spacial score (nSPS) is 20.1. The molecule has 0 N–H and O–H groups in total. The molecule has 0 bridgehead atoms. The van der Waals surface area contributed by atoms with Gasteiger partial charge in [-0.1, -0.05) is 91.0 Å². The largest absolute Gasteiger partial charge is 0.463 e. The van der Waals surface area contributed by atoms with Crippen LogP contribution in [0.1, 0.15) is 29.5 Å². The molecule has 3 aromatic rings. The summed E-state index contributed by atoms with van der Waals surface area (Å²) < 4.78 is 24.2. The topological polar surface area (TPSA) is 54.0 Å². The Balaban J connectivity index is 1.34. The van der Waals surface area contributed by atoms with Crippen LogP contribution in [-0.4, -0.2) is 37.5 Å². The van der Waals surface area contributed by atoms with Crippen LogP contribution in [0.4, 0.5) is 0 Å². The van der Waals surface area contributed by atoms with Gasteiger partial charge in [0.25, 0.3) is 0 Å². The van der Waals surface area contributed by atoms with Crippen LogP contribution in [0.2, 0.25) is 0 Å². The van der Waals surface area contributed by atoms with Crippen LogP contribution in [0.5, 0.6) is 0 Å². The summed E-state index contributed by atoms with van der Waals surface area (Å²) in [5, 5.41) is 0. The third kappa shape index (κ3) is 7.52. The lowest BCUT2D eigenvalue weighted by molar-refractivity contribution is -0.198. The molecule has 4 rings (SSSR count). The molecule has 1 fully saturated rings. The number of ether oxygens (including phenoxy) is 4. The van der Waals surface area contributed by atoms with Gasteiger partial charge >= 0.3 is 5.97 Å². The first-order valence-corrected chi connectivity index (χ1v) is 11.9. The highest BCUT2D eigenvalue weighted by Gasteiger charge is 2.37. The quantitative estimate of drug-likeness (QED) is 0.372. The van der Waals surface area contributed by atoms with Crippen molar-refractivity contribution in [1.29, 1.82) is 0 Å². The minimum Gasteiger partial charge on any atom is -0.463 e. The zero-order valence-corrected chi connectivity index (χ0v) is 19.4. The highest BCUT2D eigenvalue weighted by molar-refractivity contribution is 5.69. The van der Waals surface area contributed by atoms with Crippen molar-refractivity contribution in [3.8, 4) is 0 Å². The van der Waals surface area contributed by atoms with E-state index in [2.05, 4.69) is 0 Å². The van der Waals surface area contributed by atoms with Gasteiger partial charge in [0.2, 0.25) is 0 Å². The molecule has 1 heterocycles. The Morgan fingerprint density at radius 1 is 0.765 bits per heavy atom. The fourth-order valence-corrected chi connectivity index (χ4v) is 4.05. The van der Waals surface area contributed by atoms with Crippen LogP contribution in [0.25, 0.3) is 0 Å². The van der Waals surface area contributed by atoms with Gasteiger partial charge in [-0.2, -0.15) is 0 Å². The predicted octanol–water partition coefficient (Wildman–Crippen LogP) is 5.12. The molecule has 3 atom stereocenters. The maximum Gasteiger partial charge on any atom is 0.306 e. The van der Waals surface area contributed by atoms with E-state index in [4.69, 9.17) is 18.9 Å². The van der Waals surface area contributed by atoms with Gasteiger partial charge in [0.15, 0.2) is 0 Å². The van der Waals surface area contributed by atoms with Crippen LogP contribution < -0.4 is 0 Å². The lowest BCUT2D eigenvalue weighted by atomic mass is 10.0. The molecule has 2 unspecified atom stereocenters. The van der Waals surface area contributed by atoms with Crippen molar-refractivity contribution in [3.05, 3.63) is 108 Å². The van der Waals surface area contributed by atoms with Crippen molar-refractivity contribution in [3.63, 3.8) is 0 Å². The van der Waals surface area contributed by atoms with Gasteiger partial charge in [0.1, 0.15) is 18.8 Å². The molecule has 3 aromatic carbocycles. The molecule has 0 spiro atoms. The Morgan fingerprint density at radius 2 is 1.32 bits per heavy atom. The zero-order chi connectivity index (χ0) is 23.4. The maximum absolute atomic E-state index is 12.4. The molecule has 1 aliphatic rings. The second-order valence-corrected chi connectivity index (χ2v) is 8.46. The smallest absolute Gasteiger partial charge is 0.306 e. The van der Waals surface area contributed by atoms with Gasteiger partial charge in [-0.25, -0.2) is 0 Å². The number of rotatable bonds is 11. The molecule has 0 saturated carbocycles. The van der Waals surface area contributed by atoms with Gasteiger partial charge in [-0.15, -0.1) is 0 Å². The number of aryl methyl sites for hydroxylation is 1. The minimum atomic E-state index is -0.376. The molecule has 5 nitrogen and oxygen atoms in total. The summed E-state index contributed by atoms with van der Waals surface area (Å²) in [5.41, 5.74) is 3.31. The summed E-state index contributed by atoms with van der Waals surface area (Å²) in [4.78, 5) is 12.4. The third-order valence-electron chi connectivity index (χ3n) is 5.93. The molecule has 0 aliphatic carbocycles. The SMILES string of the molecule is O=C(CCc1ccccc1)OCC1OCCC(OCc2ccccc2)[C@H]1OCc1ccccc1. The van der Waals surface area contributed by atoms with Crippen molar-refractivity contribution in [2.24, 2.45) is 0 Å². The van der Waals surface area contributed by atoms with Crippen LogP contribution in [0.3, 0.4) is 0 Å². The van der Waals surface area contributed by atoms with E-state index in [0.29, 0.717) is 32.7 Å². The van der Waals surface area contributed by atoms with Crippen molar-refractivity contribution < 1.29 is 23.7 Å². The molecular formula is C29H32O5. The summed E-state index contributed by atoms with van der Waals surface area (Å²) in [6, 6.07) is 30.1. The van der Waals surface area contributed by atoms with Crippen molar-refractivity contribution in [2.45, 2.75) is 50.8 Å². The number of hydrogen-bond donors (Lipinski definition) is 0. The summed E-state index contributed by atoms with van der Waals surface area (Å²) in [6.07, 6.45) is 0.858. The molecule has 0 amide bonds. The monoisotopic (exact) mass is 460 g/mol. The first-order chi connectivity index (χ1) is 16.8. The van der Waals surface area contributed by atoms with E-state index in [0.717, 1.165) is 23.1 Å². The molecular weight excluding hydrogens is 428 g/mol. The number of hydrogen-bond acceptors (Lipinski definition) is 5. The van der Waals surface area contributed by atoms with Gasteiger partial charge in [-0.3, -0.25) is 4.79 Å². The second-order valence-electron chi connectivity index (χ2n) is 8.46. The Morgan fingerprint density at radius 3 is 1.94 bits per heavy atom. The molecule has 1 aliphatic heterocycles. The standard InChI is InChI=1S/C29H32O5/c30-28(17-16-23-10-4-1-5-11-23)33-22-27-29(34-21-25-14-8-3-9-15-25)26(18-19-31-27)32-20-24-12-6-2-7-13-24/h1-15,26-27,29H,16-22H2/t26?,27?,29-/m1/s1. The third-order valence-corrected chi connectivity index (χ3v) is 5.93. The Labute approximate surface area is 201 Å². The Kier molecular flexibility index (Phi) is 9.26. The molecule has 34 heavy (non-hydrogen) atoms. The predicted molar refractivity (Wildman–Crippen MR) is 130 cm³/mol. The van der Waals surface area contributed by atoms with E-state index in [-0.39, 0.29) is 30.9 Å². The molecule has 5 heteroatoms. The van der Waals surface area contributed by atoms with E-state index in [1.54, 1.807) is 0 Å². The van der Waals surface area contributed by atoms with Crippen LogP contribution >= 0.6 is 0 Å². The molecule has 178 valence electrons. The first-order valence-electron chi connectivity index (χ1n) is 11.9. The Bertz CT molecular complexity index is 977. The lowest BCUT2D eigenvalue weighted by Gasteiger charge is -2.37. The highest BCUT2D eigenvalue weighted by Crippen LogP contribution is 2.24. The summed E-state index contributed by atoms with van der Waals surface area (Å²) in [6.45, 7) is 1.63. The molecule has 0 aromatic heterocycles. The minimum absolute atomic E-state index is 0.148. The number of carbonyl (C=O) groups is 1. The average Bonchev–Trinajstić information content (AvgIpc) is 2.90. The first kappa shape index (κ1) is 24.1. The lowest BCUT2D eigenvalue weighted by Crippen LogP contribution is -2.49. The average molecular weight is 461 g/mol. The van der Waals surface area contributed by atoms with E-state index >= 15 is 0 Å². The number of carbonyl (C=O) groups excluding carboxylic acids is 1. The van der Waals surface area contributed by atoms with E-state index in [1.165, 1.54) is 0 Å².